The van der Waals surface area contributed by atoms with E-state index in [0.29, 0.717) is 10.2 Å². The highest BCUT2D eigenvalue weighted by Crippen LogP contribution is 2.13. The molecule has 1 amide bonds. The Labute approximate surface area is 113 Å². The van der Waals surface area contributed by atoms with E-state index in [1.54, 1.807) is 25.4 Å². The predicted octanol–water partition coefficient (Wildman–Crippen LogP) is 0.297. The minimum absolute atomic E-state index is 0.0686. The second kappa shape index (κ2) is 5.50. The maximum Gasteiger partial charge on any atom is 0.262 e. The van der Waals surface area contributed by atoms with Crippen molar-refractivity contribution >= 4 is 27.5 Å². The van der Waals surface area contributed by atoms with Crippen LogP contribution in [0.4, 0.5) is 0 Å². The smallest absolute Gasteiger partial charge is 0.262 e. The van der Waals surface area contributed by atoms with E-state index in [1.807, 2.05) is 0 Å². The van der Waals surface area contributed by atoms with Gasteiger partial charge < -0.3 is 10.0 Å². The number of thiophene rings is 1. The molecule has 0 fully saturated rings. The fraction of sp³-hybridized carbons (Fsp3) is 0.417. The lowest BCUT2D eigenvalue weighted by molar-refractivity contribution is -0.131. The molecule has 0 spiro atoms. The summed E-state index contributed by atoms with van der Waals surface area (Å²) in [6, 6.07) is 1.70. The molecule has 0 saturated carbocycles. The number of nitrogens with zero attached hydrogens (tertiary/aromatic N) is 3. The Morgan fingerprint density at radius 2 is 2.37 bits per heavy atom. The van der Waals surface area contributed by atoms with Gasteiger partial charge in [0.2, 0.25) is 5.91 Å². The van der Waals surface area contributed by atoms with Crippen molar-refractivity contribution in [2.75, 3.05) is 13.6 Å². The lowest BCUT2D eigenvalue weighted by Crippen LogP contribution is -2.37. The highest BCUT2D eigenvalue weighted by Gasteiger charge is 2.13. The Kier molecular flexibility index (Phi) is 3.96. The Morgan fingerprint density at radius 3 is 3.05 bits per heavy atom. The summed E-state index contributed by atoms with van der Waals surface area (Å²) < 4.78 is 1.29. The average molecular weight is 281 g/mol. The van der Waals surface area contributed by atoms with E-state index in [9.17, 15) is 14.7 Å². The Balaban J connectivity index is 2.19. The van der Waals surface area contributed by atoms with Crippen molar-refractivity contribution in [3.8, 4) is 0 Å². The zero-order chi connectivity index (χ0) is 14.0. The topological polar surface area (TPSA) is 75.4 Å². The molecule has 1 N–H and O–H groups in total. The summed E-state index contributed by atoms with van der Waals surface area (Å²) in [6.07, 6.45) is 0.790. The number of fused-ring (bicyclic) bond motifs is 1. The van der Waals surface area contributed by atoms with Gasteiger partial charge in [-0.25, -0.2) is 4.98 Å². The standard InChI is InChI=1S/C12H15N3O3S/c1-8(16)5-14(2)10(17)6-15-7-13-11-9(12(15)18)3-4-19-11/h3-4,7-8,16H,5-6H2,1-2H3. The minimum Gasteiger partial charge on any atom is -0.392 e. The second-order valence-electron chi connectivity index (χ2n) is 4.44. The normalized spacial score (nSPS) is 12.6. The number of carbonyl (C=O) groups excluding carboxylic acids is 1. The van der Waals surface area contributed by atoms with E-state index in [0.717, 1.165) is 0 Å². The molecular formula is C12H15N3O3S. The van der Waals surface area contributed by atoms with E-state index < -0.39 is 6.10 Å². The third kappa shape index (κ3) is 2.99. The summed E-state index contributed by atoms with van der Waals surface area (Å²) in [5.41, 5.74) is -0.218. The first-order valence-electron chi connectivity index (χ1n) is 5.83. The Hall–Kier alpha value is -1.73. The second-order valence-corrected chi connectivity index (χ2v) is 5.33. The van der Waals surface area contributed by atoms with Crippen LogP contribution in [0.3, 0.4) is 0 Å². The van der Waals surface area contributed by atoms with Gasteiger partial charge in [-0.1, -0.05) is 0 Å². The molecule has 0 aliphatic heterocycles. The van der Waals surface area contributed by atoms with Gasteiger partial charge in [0.1, 0.15) is 11.4 Å². The van der Waals surface area contributed by atoms with Gasteiger partial charge in [-0.3, -0.25) is 14.2 Å². The summed E-state index contributed by atoms with van der Waals surface area (Å²) in [5.74, 6) is -0.237. The average Bonchev–Trinajstić information content (AvgIpc) is 2.80. The summed E-state index contributed by atoms with van der Waals surface area (Å²) >= 11 is 1.39. The van der Waals surface area contributed by atoms with E-state index in [2.05, 4.69) is 4.98 Å². The van der Waals surface area contributed by atoms with Crippen molar-refractivity contribution in [1.82, 2.24) is 14.5 Å². The van der Waals surface area contributed by atoms with Crippen LogP contribution < -0.4 is 5.56 Å². The first-order valence-corrected chi connectivity index (χ1v) is 6.71. The van der Waals surface area contributed by atoms with Crippen LogP contribution in [0.1, 0.15) is 6.92 Å². The summed E-state index contributed by atoms with van der Waals surface area (Å²) in [6.45, 7) is 1.78. The van der Waals surface area contributed by atoms with E-state index in [1.165, 1.54) is 27.1 Å². The molecular weight excluding hydrogens is 266 g/mol. The number of rotatable bonds is 4. The number of aromatic nitrogens is 2. The Morgan fingerprint density at radius 1 is 1.63 bits per heavy atom. The van der Waals surface area contributed by atoms with Crippen molar-refractivity contribution in [2.24, 2.45) is 0 Å². The molecule has 2 rings (SSSR count). The lowest BCUT2D eigenvalue weighted by atomic mass is 10.3. The molecule has 6 nitrogen and oxygen atoms in total. The third-order valence-corrected chi connectivity index (χ3v) is 3.54. The number of hydrogen-bond acceptors (Lipinski definition) is 5. The SMILES string of the molecule is CC(O)CN(C)C(=O)Cn1cnc2sccc2c1=O. The van der Waals surface area contributed by atoms with Gasteiger partial charge in [0.15, 0.2) is 0 Å². The highest BCUT2D eigenvalue weighted by atomic mass is 32.1. The van der Waals surface area contributed by atoms with E-state index >= 15 is 0 Å². The molecule has 19 heavy (non-hydrogen) atoms. The van der Waals surface area contributed by atoms with E-state index in [-0.39, 0.29) is 24.6 Å². The number of carbonyl (C=O) groups is 1. The van der Waals surface area contributed by atoms with Crippen LogP contribution >= 0.6 is 11.3 Å². The van der Waals surface area contributed by atoms with Crippen LogP contribution in [0.5, 0.6) is 0 Å². The lowest BCUT2D eigenvalue weighted by Gasteiger charge is -2.19. The zero-order valence-corrected chi connectivity index (χ0v) is 11.6. The van der Waals surface area contributed by atoms with Crippen molar-refractivity contribution in [3.63, 3.8) is 0 Å². The molecule has 0 aliphatic rings. The molecule has 7 heteroatoms. The van der Waals surface area contributed by atoms with Gasteiger partial charge in [-0.2, -0.15) is 0 Å². The van der Waals surface area contributed by atoms with Gasteiger partial charge in [-0.15, -0.1) is 11.3 Å². The van der Waals surface area contributed by atoms with Crippen molar-refractivity contribution in [3.05, 3.63) is 28.1 Å². The molecule has 0 aliphatic carbocycles. The van der Waals surface area contributed by atoms with Crippen LogP contribution in [0, 0.1) is 0 Å². The van der Waals surface area contributed by atoms with Crippen LogP contribution in [-0.4, -0.2) is 45.2 Å². The number of aliphatic hydroxyl groups excluding tert-OH is 1. The third-order valence-electron chi connectivity index (χ3n) is 2.72. The van der Waals surface area contributed by atoms with Crippen LogP contribution in [-0.2, 0) is 11.3 Å². The molecule has 0 radical (unpaired) electrons. The van der Waals surface area contributed by atoms with Crippen molar-refractivity contribution in [2.45, 2.75) is 19.6 Å². The van der Waals surface area contributed by atoms with Crippen LogP contribution in [0.25, 0.3) is 10.2 Å². The largest absolute Gasteiger partial charge is 0.392 e. The van der Waals surface area contributed by atoms with Crippen LogP contribution in [0.15, 0.2) is 22.6 Å². The highest BCUT2D eigenvalue weighted by molar-refractivity contribution is 7.16. The maximum absolute atomic E-state index is 12.1. The molecule has 102 valence electrons. The molecule has 0 saturated heterocycles. The molecule has 0 aromatic carbocycles. The fourth-order valence-electron chi connectivity index (χ4n) is 1.77. The first-order chi connectivity index (χ1) is 8.99. The molecule has 0 bridgehead atoms. The molecule has 1 atom stereocenters. The summed E-state index contributed by atoms with van der Waals surface area (Å²) in [4.78, 5) is 30.2. The maximum atomic E-state index is 12.1. The summed E-state index contributed by atoms with van der Waals surface area (Å²) in [5, 5.41) is 11.6. The Bertz CT molecular complexity index is 647. The number of likely N-dealkylation sites (N-methyl/N-ethyl adjacent to an activating group) is 1. The fourth-order valence-corrected chi connectivity index (χ4v) is 2.49. The van der Waals surface area contributed by atoms with Crippen LogP contribution in [0.2, 0.25) is 0 Å². The van der Waals surface area contributed by atoms with E-state index in [4.69, 9.17) is 0 Å². The molecule has 2 aromatic heterocycles. The number of aliphatic hydroxyl groups is 1. The van der Waals surface area contributed by atoms with Gasteiger partial charge >= 0.3 is 0 Å². The van der Waals surface area contributed by atoms with Gasteiger partial charge in [0, 0.05) is 13.6 Å². The zero-order valence-electron chi connectivity index (χ0n) is 10.7. The summed E-state index contributed by atoms with van der Waals surface area (Å²) in [7, 11) is 1.59. The first kappa shape index (κ1) is 13.7. The van der Waals surface area contributed by atoms with Gasteiger partial charge in [0.05, 0.1) is 17.8 Å². The molecule has 2 heterocycles. The van der Waals surface area contributed by atoms with Crippen molar-refractivity contribution < 1.29 is 9.90 Å². The number of amides is 1. The minimum atomic E-state index is -0.594. The quantitative estimate of drug-likeness (QED) is 0.874. The number of hydrogen-bond donors (Lipinski definition) is 1. The predicted molar refractivity (Wildman–Crippen MR) is 73.2 cm³/mol. The van der Waals surface area contributed by atoms with Crippen molar-refractivity contribution in [1.29, 1.82) is 0 Å². The monoisotopic (exact) mass is 281 g/mol. The van der Waals surface area contributed by atoms with Gasteiger partial charge in [0.25, 0.3) is 5.56 Å². The molecule has 2 aromatic rings. The molecule has 1 unspecified atom stereocenters. The van der Waals surface area contributed by atoms with Gasteiger partial charge in [-0.05, 0) is 18.4 Å².